The van der Waals surface area contributed by atoms with Crippen molar-refractivity contribution < 1.29 is 19.4 Å². The van der Waals surface area contributed by atoms with Gasteiger partial charge < -0.3 is 15.2 Å². The van der Waals surface area contributed by atoms with Gasteiger partial charge in [0.15, 0.2) is 0 Å². The summed E-state index contributed by atoms with van der Waals surface area (Å²) in [6.45, 7) is 0.882. The fourth-order valence-corrected chi connectivity index (χ4v) is 5.07. The summed E-state index contributed by atoms with van der Waals surface area (Å²) in [6.07, 6.45) is 4.72. The normalized spacial score (nSPS) is 12.6. The molecule has 204 valence electrons. The van der Waals surface area contributed by atoms with Crippen molar-refractivity contribution in [2.45, 2.75) is 51.0 Å². The topological polar surface area (TPSA) is 75.6 Å². The van der Waals surface area contributed by atoms with Crippen LogP contribution in [0.2, 0.25) is 0 Å². The van der Waals surface area contributed by atoms with E-state index in [9.17, 15) is 9.59 Å². The van der Waals surface area contributed by atoms with Gasteiger partial charge in [-0.1, -0.05) is 78.9 Å². The van der Waals surface area contributed by atoms with E-state index in [2.05, 4.69) is 66.0 Å². The van der Waals surface area contributed by atoms with E-state index in [4.69, 9.17) is 9.84 Å². The first-order valence-electron chi connectivity index (χ1n) is 14.1. The number of aliphatic carboxylic acids is 1. The van der Waals surface area contributed by atoms with E-state index in [-0.39, 0.29) is 12.3 Å². The third-order valence-electron chi connectivity index (χ3n) is 7.34. The molecule has 0 radical (unpaired) electrons. The van der Waals surface area contributed by atoms with Crippen LogP contribution in [0.25, 0.3) is 22.3 Å². The summed E-state index contributed by atoms with van der Waals surface area (Å²) in [5.74, 6) is 0.356. The molecule has 1 fully saturated rings. The maximum Gasteiger partial charge on any atom is 0.303 e. The number of ether oxygens (including phenoxy) is 1. The molecule has 4 aromatic carbocycles. The van der Waals surface area contributed by atoms with Crippen LogP contribution in [0.1, 0.15) is 65.9 Å². The summed E-state index contributed by atoms with van der Waals surface area (Å²) in [4.78, 5) is 23.9. The summed E-state index contributed by atoms with van der Waals surface area (Å²) in [5, 5.41) is 11.8. The molecule has 5 nitrogen and oxygen atoms in total. The number of unbranched alkanes of at least 4 members (excludes halogenated alkanes) is 2. The maximum absolute atomic E-state index is 13.2. The molecule has 1 aliphatic carbocycles. The first kappa shape index (κ1) is 27.2. The second-order valence-electron chi connectivity index (χ2n) is 10.3. The van der Waals surface area contributed by atoms with Gasteiger partial charge in [-0.15, -0.1) is 0 Å². The molecule has 1 saturated carbocycles. The van der Waals surface area contributed by atoms with Crippen LogP contribution in [0.3, 0.4) is 0 Å². The number of carboxylic acid groups (broad SMARTS) is 1. The number of rotatable bonds is 13. The standard InChI is InChI=1S/C35H35NO4/c37-34(38)17-5-2-10-22-40-33-16-9-6-13-28(33)24-36-35(39)27-20-21-31(32(23-27)26-18-19-26)30-15-8-7-14-29(30)25-11-3-1-4-12-25/h1,3-4,6-9,11-16,20-21,23,26H,2,5,10,17-19,22,24H2,(H,36,39)(H,37,38). The second-order valence-corrected chi connectivity index (χ2v) is 10.3. The van der Waals surface area contributed by atoms with Crippen LogP contribution in [0.15, 0.2) is 97.1 Å². The second kappa shape index (κ2) is 13.1. The van der Waals surface area contributed by atoms with Gasteiger partial charge in [-0.25, -0.2) is 0 Å². The number of hydrogen-bond acceptors (Lipinski definition) is 3. The Kier molecular flexibility index (Phi) is 8.92. The van der Waals surface area contributed by atoms with Crippen molar-refractivity contribution in [2.75, 3.05) is 6.61 Å². The molecule has 40 heavy (non-hydrogen) atoms. The molecule has 0 saturated heterocycles. The average molecular weight is 534 g/mol. The van der Waals surface area contributed by atoms with Crippen LogP contribution in [-0.2, 0) is 11.3 Å². The number of carboxylic acids is 1. The Morgan fingerprint density at radius 2 is 1.50 bits per heavy atom. The fraction of sp³-hybridized carbons (Fsp3) is 0.257. The first-order chi connectivity index (χ1) is 19.6. The smallest absolute Gasteiger partial charge is 0.303 e. The molecule has 0 aliphatic heterocycles. The van der Waals surface area contributed by atoms with Crippen molar-refractivity contribution in [2.24, 2.45) is 0 Å². The molecule has 2 N–H and O–H groups in total. The molecular weight excluding hydrogens is 498 g/mol. The average Bonchev–Trinajstić information content (AvgIpc) is 3.84. The Hall–Kier alpha value is -4.38. The third-order valence-corrected chi connectivity index (χ3v) is 7.34. The van der Waals surface area contributed by atoms with Crippen LogP contribution < -0.4 is 10.1 Å². The number of amides is 1. The summed E-state index contributed by atoms with van der Waals surface area (Å²) < 4.78 is 5.95. The van der Waals surface area contributed by atoms with Gasteiger partial charge in [-0.2, -0.15) is 0 Å². The highest BCUT2D eigenvalue weighted by Crippen LogP contribution is 2.46. The SMILES string of the molecule is O=C(O)CCCCCOc1ccccc1CNC(=O)c1ccc(-c2ccccc2-c2ccccc2)c(C2CC2)c1. The molecule has 1 amide bonds. The molecule has 0 aromatic heterocycles. The molecule has 0 bridgehead atoms. The lowest BCUT2D eigenvalue weighted by molar-refractivity contribution is -0.137. The first-order valence-corrected chi connectivity index (χ1v) is 14.1. The number of hydrogen-bond donors (Lipinski definition) is 2. The highest BCUT2D eigenvalue weighted by atomic mass is 16.5. The number of benzene rings is 4. The van der Waals surface area contributed by atoms with Crippen molar-refractivity contribution in [1.82, 2.24) is 5.32 Å². The Bertz CT molecular complexity index is 1460. The minimum Gasteiger partial charge on any atom is -0.493 e. The van der Waals surface area contributed by atoms with Gasteiger partial charge in [-0.05, 0) is 84.0 Å². The Balaban J connectivity index is 1.27. The molecule has 5 rings (SSSR count). The third kappa shape index (κ3) is 6.97. The van der Waals surface area contributed by atoms with Crippen LogP contribution >= 0.6 is 0 Å². The lowest BCUT2D eigenvalue weighted by Gasteiger charge is -2.16. The lowest BCUT2D eigenvalue weighted by atomic mass is 9.89. The number of carbonyl (C=O) groups excluding carboxylic acids is 1. The van der Waals surface area contributed by atoms with E-state index in [1.165, 1.54) is 27.8 Å². The van der Waals surface area contributed by atoms with Crippen LogP contribution in [0.4, 0.5) is 0 Å². The zero-order chi connectivity index (χ0) is 27.7. The van der Waals surface area contributed by atoms with Crippen molar-refractivity contribution in [1.29, 1.82) is 0 Å². The predicted molar refractivity (Wildman–Crippen MR) is 158 cm³/mol. The highest BCUT2D eigenvalue weighted by molar-refractivity contribution is 5.96. The van der Waals surface area contributed by atoms with Crippen LogP contribution in [0, 0.1) is 0 Å². The van der Waals surface area contributed by atoms with Gasteiger partial charge in [0, 0.05) is 24.1 Å². The van der Waals surface area contributed by atoms with Crippen molar-refractivity contribution in [3.05, 3.63) is 114 Å². The zero-order valence-electron chi connectivity index (χ0n) is 22.6. The highest BCUT2D eigenvalue weighted by Gasteiger charge is 2.28. The van der Waals surface area contributed by atoms with E-state index in [0.717, 1.165) is 37.0 Å². The van der Waals surface area contributed by atoms with E-state index >= 15 is 0 Å². The fourth-order valence-electron chi connectivity index (χ4n) is 5.07. The van der Waals surface area contributed by atoms with Crippen molar-refractivity contribution in [3.8, 4) is 28.0 Å². The minimum atomic E-state index is -0.766. The summed E-state index contributed by atoms with van der Waals surface area (Å²) in [7, 11) is 0. The quantitative estimate of drug-likeness (QED) is 0.172. The Morgan fingerprint density at radius 3 is 2.27 bits per heavy atom. The van der Waals surface area contributed by atoms with Crippen LogP contribution in [-0.4, -0.2) is 23.6 Å². The van der Waals surface area contributed by atoms with E-state index in [0.29, 0.717) is 31.1 Å². The lowest BCUT2D eigenvalue weighted by Crippen LogP contribution is -2.23. The minimum absolute atomic E-state index is 0.103. The number of carbonyl (C=O) groups is 2. The van der Waals surface area contributed by atoms with E-state index < -0.39 is 5.97 Å². The molecule has 4 aromatic rings. The van der Waals surface area contributed by atoms with E-state index in [1.54, 1.807) is 0 Å². The van der Waals surface area contributed by atoms with Crippen molar-refractivity contribution >= 4 is 11.9 Å². The predicted octanol–water partition coefficient (Wildman–Crippen LogP) is 7.85. The van der Waals surface area contributed by atoms with Gasteiger partial charge in [0.25, 0.3) is 5.91 Å². The maximum atomic E-state index is 13.2. The summed E-state index contributed by atoms with van der Waals surface area (Å²) >= 11 is 0. The van der Waals surface area contributed by atoms with Gasteiger partial charge >= 0.3 is 5.97 Å². The molecule has 0 unspecified atom stereocenters. The van der Waals surface area contributed by atoms with Gasteiger partial charge in [0.2, 0.25) is 0 Å². The molecule has 0 spiro atoms. The van der Waals surface area contributed by atoms with Gasteiger partial charge in [0.1, 0.15) is 5.75 Å². The summed E-state index contributed by atoms with van der Waals surface area (Å²) in [6, 6.07) is 32.7. The molecular formula is C35H35NO4. The Labute approximate surface area is 235 Å². The summed E-state index contributed by atoms with van der Waals surface area (Å²) in [5.41, 5.74) is 7.58. The van der Waals surface area contributed by atoms with Crippen LogP contribution in [0.5, 0.6) is 5.75 Å². The molecule has 0 heterocycles. The largest absolute Gasteiger partial charge is 0.493 e. The molecule has 5 heteroatoms. The van der Waals surface area contributed by atoms with Gasteiger partial charge in [0.05, 0.1) is 6.61 Å². The number of nitrogens with one attached hydrogen (secondary N) is 1. The number of para-hydroxylation sites is 1. The van der Waals surface area contributed by atoms with E-state index in [1.807, 2.05) is 36.4 Å². The monoisotopic (exact) mass is 533 g/mol. The zero-order valence-corrected chi connectivity index (χ0v) is 22.6. The molecule has 1 aliphatic rings. The van der Waals surface area contributed by atoms with Crippen molar-refractivity contribution in [3.63, 3.8) is 0 Å². The Morgan fingerprint density at radius 1 is 0.775 bits per heavy atom. The molecule has 0 atom stereocenters. The van der Waals surface area contributed by atoms with Gasteiger partial charge in [-0.3, -0.25) is 9.59 Å².